The van der Waals surface area contributed by atoms with Crippen LogP contribution in [0.2, 0.25) is 0 Å². The van der Waals surface area contributed by atoms with Crippen LogP contribution in [0.4, 0.5) is 10.6 Å². The van der Waals surface area contributed by atoms with E-state index in [-0.39, 0.29) is 6.54 Å². The topological polar surface area (TPSA) is 90.1 Å². The number of aromatic nitrogens is 2. The van der Waals surface area contributed by atoms with E-state index < -0.39 is 11.7 Å². The van der Waals surface area contributed by atoms with Gasteiger partial charge in [-0.15, -0.1) is 0 Å². The van der Waals surface area contributed by atoms with Crippen molar-refractivity contribution in [2.75, 3.05) is 5.73 Å². The van der Waals surface area contributed by atoms with Crippen molar-refractivity contribution >= 4 is 11.9 Å². The van der Waals surface area contributed by atoms with Crippen LogP contribution in [0.3, 0.4) is 0 Å². The maximum atomic E-state index is 11.6. The van der Waals surface area contributed by atoms with Crippen LogP contribution in [0.1, 0.15) is 26.5 Å². The summed E-state index contributed by atoms with van der Waals surface area (Å²) in [4.78, 5) is 20.2. The van der Waals surface area contributed by atoms with Crippen molar-refractivity contribution in [1.82, 2.24) is 15.3 Å². The van der Waals surface area contributed by atoms with Gasteiger partial charge in [-0.05, 0) is 20.8 Å². The third-order valence-corrected chi connectivity index (χ3v) is 2.71. The van der Waals surface area contributed by atoms with Gasteiger partial charge in [0.15, 0.2) is 0 Å². The lowest BCUT2D eigenvalue weighted by atomic mass is 10.1. The molecule has 0 aliphatic rings. The Morgan fingerprint density at radius 1 is 1.27 bits per heavy atom. The summed E-state index contributed by atoms with van der Waals surface area (Å²) in [5.41, 5.74) is 7.43. The number of benzene rings is 1. The van der Waals surface area contributed by atoms with Gasteiger partial charge < -0.3 is 15.8 Å². The first-order valence-electron chi connectivity index (χ1n) is 6.99. The van der Waals surface area contributed by atoms with E-state index in [2.05, 4.69) is 15.3 Å². The minimum Gasteiger partial charge on any atom is -0.444 e. The van der Waals surface area contributed by atoms with E-state index in [0.717, 1.165) is 5.56 Å². The molecule has 22 heavy (non-hydrogen) atoms. The number of anilines is 1. The molecule has 1 heterocycles. The number of nitrogen functional groups attached to an aromatic ring is 1. The Morgan fingerprint density at radius 2 is 1.95 bits per heavy atom. The number of hydrogen-bond acceptors (Lipinski definition) is 5. The van der Waals surface area contributed by atoms with Gasteiger partial charge in [0.25, 0.3) is 0 Å². The van der Waals surface area contributed by atoms with Crippen molar-refractivity contribution in [2.45, 2.75) is 32.9 Å². The number of hydrogen-bond donors (Lipinski definition) is 2. The summed E-state index contributed by atoms with van der Waals surface area (Å²) in [5, 5.41) is 2.65. The molecule has 3 N–H and O–H groups in total. The first-order chi connectivity index (χ1) is 10.3. The average molecular weight is 300 g/mol. The zero-order valence-electron chi connectivity index (χ0n) is 13.0. The van der Waals surface area contributed by atoms with Crippen LogP contribution < -0.4 is 11.1 Å². The average Bonchev–Trinajstić information content (AvgIpc) is 2.45. The third-order valence-electron chi connectivity index (χ3n) is 2.71. The molecular weight excluding hydrogens is 280 g/mol. The first-order valence-corrected chi connectivity index (χ1v) is 6.99. The summed E-state index contributed by atoms with van der Waals surface area (Å²) in [5.74, 6) is 0.354. The smallest absolute Gasteiger partial charge is 0.407 e. The zero-order chi connectivity index (χ0) is 16.2. The molecule has 0 fully saturated rings. The second-order valence-electron chi connectivity index (χ2n) is 5.82. The summed E-state index contributed by atoms with van der Waals surface area (Å²) in [7, 11) is 0. The number of ether oxygens (including phenoxy) is 1. The van der Waals surface area contributed by atoms with Crippen LogP contribution in [0.5, 0.6) is 0 Å². The Bertz CT molecular complexity index is 651. The van der Waals surface area contributed by atoms with Crippen molar-refractivity contribution in [3.63, 3.8) is 0 Å². The molecule has 2 aromatic rings. The van der Waals surface area contributed by atoms with E-state index >= 15 is 0 Å². The van der Waals surface area contributed by atoms with Gasteiger partial charge in [-0.25, -0.2) is 14.8 Å². The fourth-order valence-electron chi connectivity index (χ4n) is 1.81. The van der Waals surface area contributed by atoms with Gasteiger partial charge in [0, 0.05) is 5.56 Å². The van der Waals surface area contributed by atoms with Gasteiger partial charge in [-0.1, -0.05) is 30.3 Å². The quantitative estimate of drug-likeness (QED) is 0.909. The Morgan fingerprint density at radius 3 is 2.59 bits per heavy atom. The fourth-order valence-corrected chi connectivity index (χ4v) is 1.81. The van der Waals surface area contributed by atoms with Crippen molar-refractivity contribution in [3.8, 4) is 11.3 Å². The highest BCUT2D eigenvalue weighted by molar-refractivity contribution is 5.70. The number of carbonyl (C=O) groups excluding carboxylic acids is 1. The maximum Gasteiger partial charge on any atom is 0.407 e. The predicted molar refractivity (Wildman–Crippen MR) is 85.0 cm³/mol. The molecule has 1 aromatic heterocycles. The third kappa shape index (κ3) is 4.44. The van der Waals surface area contributed by atoms with E-state index in [1.165, 1.54) is 0 Å². The van der Waals surface area contributed by atoms with Crippen LogP contribution in [0.25, 0.3) is 11.3 Å². The second kappa shape index (κ2) is 6.43. The molecule has 0 unspecified atom stereocenters. The van der Waals surface area contributed by atoms with E-state index in [0.29, 0.717) is 17.2 Å². The van der Waals surface area contributed by atoms with E-state index in [1.54, 1.807) is 6.20 Å². The lowest BCUT2D eigenvalue weighted by Gasteiger charge is -2.19. The summed E-state index contributed by atoms with van der Waals surface area (Å²) in [6.07, 6.45) is 1.05. The van der Waals surface area contributed by atoms with E-state index in [1.807, 2.05) is 51.1 Å². The number of alkyl carbamates (subject to hydrolysis) is 1. The normalized spacial score (nSPS) is 11.0. The van der Waals surface area contributed by atoms with Gasteiger partial charge in [0.2, 0.25) is 0 Å². The minimum atomic E-state index is -0.536. The zero-order valence-corrected chi connectivity index (χ0v) is 13.0. The summed E-state index contributed by atoms with van der Waals surface area (Å²) < 4.78 is 5.18. The highest BCUT2D eigenvalue weighted by Crippen LogP contribution is 2.21. The molecule has 0 aliphatic heterocycles. The highest BCUT2D eigenvalue weighted by atomic mass is 16.6. The minimum absolute atomic E-state index is 0.224. The largest absolute Gasteiger partial charge is 0.444 e. The molecule has 0 radical (unpaired) electrons. The number of nitrogens with zero attached hydrogens (tertiary/aromatic N) is 2. The van der Waals surface area contributed by atoms with Crippen molar-refractivity contribution in [3.05, 3.63) is 42.2 Å². The van der Waals surface area contributed by atoms with Crippen LogP contribution in [-0.2, 0) is 11.3 Å². The summed E-state index contributed by atoms with van der Waals surface area (Å²) >= 11 is 0. The van der Waals surface area contributed by atoms with Crippen molar-refractivity contribution in [2.24, 2.45) is 0 Å². The molecular formula is C16H20N4O2. The Kier molecular flexibility index (Phi) is 4.60. The lowest BCUT2D eigenvalue weighted by Crippen LogP contribution is -2.32. The van der Waals surface area contributed by atoms with Crippen molar-refractivity contribution < 1.29 is 9.53 Å². The number of nitrogens with two attached hydrogens (primary N) is 1. The first kappa shape index (κ1) is 15.8. The monoisotopic (exact) mass is 300 g/mol. The molecule has 0 atom stereocenters. The molecule has 0 saturated heterocycles. The molecule has 6 heteroatoms. The van der Waals surface area contributed by atoms with Crippen LogP contribution >= 0.6 is 0 Å². The molecule has 116 valence electrons. The summed E-state index contributed by atoms with van der Waals surface area (Å²) in [6.45, 7) is 5.65. The number of carbonyl (C=O) groups is 1. The Labute approximate surface area is 129 Å². The highest BCUT2D eigenvalue weighted by Gasteiger charge is 2.16. The Hall–Kier alpha value is -2.63. The molecule has 0 spiro atoms. The van der Waals surface area contributed by atoms with E-state index in [4.69, 9.17) is 10.5 Å². The molecule has 2 rings (SSSR count). The molecule has 0 aliphatic carbocycles. The summed E-state index contributed by atoms with van der Waals surface area (Å²) in [6, 6.07) is 9.54. The predicted octanol–water partition coefficient (Wildman–Crippen LogP) is 2.75. The van der Waals surface area contributed by atoms with Crippen LogP contribution in [0, 0.1) is 0 Å². The number of rotatable bonds is 3. The van der Waals surface area contributed by atoms with Gasteiger partial charge >= 0.3 is 6.09 Å². The molecule has 1 aromatic carbocycles. The van der Waals surface area contributed by atoms with Gasteiger partial charge in [0.05, 0.1) is 18.4 Å². The lowest BCUT2D eigenvalue weighted by molar-refractivity contribution is 0.0523. The molecule has 0 bridgehead atoms. The molecule has 1 amide bonds. The molecule has 0 saturated carbocycles. The molecule has 6 nitrogen and oxygen atoms in total. The maximum absolute atomic E-state index is 11.6. The van der Waals surface area contributed by atoms with Gasteiger partial charge in [-0.2, -0.15) is 0 Å². The fraction of sp³-hybridized carbons (Fsp3) is 0.312. The van der Waals surface area contributed by atoms with Crippen LogP contribution in [0.15, 0.2) is 36.5 Å². The number of amides is 1. The Balaban J connectivity index is 2.09. The standard InChI is InChI=1S/C16H20N4O2/c1-16(2,3)22-15(21)19-10-12-9-18-14(17)13(20-12)11-7-5-4-6-8-11/h4-9H,10H2,1-3H3,(H2,17,18)(H,19,21). The van der Waals surface area contributed by atoms with Crippen LogP contribution in [-0.4, -0.2) is 21.7 Å². The SMILES string of the molecule is CC(C)(C)OC(=O)NCc1cnc(N)c(-c2ccccc2)n1. The number of nitrogens with one attached hydrogen (secondary N) is 1. The van der Waals surface area contributed by atoms with E-state index in [9.17, 15) is 4.79 Å². The van der Waals surface area contributed by atoms with Crippen molar-refractivity contribution in [1.29, 1.82) is 0 Å². The second-order valence-corrected chi connectivity index (χ2v) is 5.82. The van der Waals surface area contributed by atoms with Gasteiger partial charge in [-0.3, -0.25) is 0 Å². The van der Waals surface area contributed by atoms with Gasteiger partial charge in [0.1, 0.15) is 17.1 Å².